The summed E-state index contributed by atoms with van der Waals surface area (Å²) in [6.45, 7) is 6.38. The molecular weight excluding hydrogens is 280 g/mol. The average Bonchev–Trinajstić information content (AvgIpc) is 2.61. The first-order valence-electron chi connectivity index (χ1n) is 7.79. The van der Waals surface area contributed by atoms with Crippen molar-refractivity contribution in [1.82, 2.24) is 0 Å². The highest BCUT2D eigenvalue weighted by Crippen LogP contribution is 2.40. The van der Waals surface area contributed by atoms with Crippen LogP contribution in [0, 0.1) is 6.92 Å². The molecule has 0 saturated carbocycles. The van der Waals surface area contributed by atoms with E-state index in [0.29, 0.717) is 6.61 Å². The number of hydrogen-bond donors (Lipinski definition) is 0. The number of rotatable bonds is 5. The van der Waals surface area contributed by atoms with E-state index in [2.05, 4.69) is 74.2 Å². The fourth-order valence-corrected chi connectivity index (χ4v) is 2.74. The van der Waals surface area contributed by atoms with Gasteiger partial charge in [0.25, 0.3) is 0 Å². The number of ether oxygens (including phenoxy) is 1. The molecular formula is C22H20O. The molecule has 0 amide bonds. The van der Waals surface area contributed by atoms with Crippen LogP contribution in [-0.2, 0) is 0 Å². The third-order valence-electron chi connectivity index (χ3n) is 3.75. The SMILES string of the molecule is C=CCOc1c(-c2ccccc2)cc(C)cc1-c1ccccc1. The zero-order valence-corrected chi connectivity index (χ0v) is 13.3. The first kappa shape index (κ1) is 15.1. The molecule has 0 aliphatic carbocycles. The predicted molar refractivity (Wildman–Crippen MR) is 97.7 cm³/mol. The lowest BCUT2D eigenvalue weighted by Gasteiger charge is -2.17. The Morgan fingerprint density at radius 3 is 1.74 bits per heavy atom. The average molecular weight is 300 g/mol. The molecule has 0 N–H and O–H groups in total. The van der Waals surface area contributed by atoms with Crippen LogP contribution < -0.4 is 4.74 Å². The second-order valence-corrected chi connectivity index (χ2v) is 5.52. The lowest BCUT2D eigenvalue weighted by atomic mass is 9.95. The van der Waals surface area contributed by atoms with Crippen molar-refractivity contribution >= 4 is 0 Å². The normalized spacial score (nSPS) is 10.3. The van der Waals surface area contributed by atoms with Gasteiger partial charge in [0, 0.05) is 11.1 Å². The molecule has 3 aromatic carbocycles. The molecule has 0 aliphatic rings. The second-order valence-electron chi connectivity index (χ2n) is 5.52. The third kappa shape index (κ3) is 3.35. The molecule has 0 fully saturated rings. The van der Waals surface area contributed by atoms with Crippen molar-refractivity contribution in [2.75, 3.05) is 6.61 Å². The number of hydrogen-bond acceptors (Lipinski definition) is 1. The third-order valence-corrected chi connectivity index (χ3v) is 3.75. The number of aryl methyl sites for hydroxylation is 1. The van der Waals surface area contributed by atoms with Gasteiger partial charge in [-0.25, -0.2) is 0 Å². The monoisotopic (exact) mass is 300 g/mol. The van der Waals surface area contributed by atoms with Crippen molar-refractivity contribution in [2.45, 2.75) is 6.92 Å². The van der Waals surface area contributed by atoms with E-state index < -0.39 is 0 Å². The Kier molecular flexibility index (Phi) is 4.58. The lowest BCUT2D eigenvalue weighted by molar-refractivity contribution is 0.366. The van der Waals surface area contributed by atoms with E-state index in [4.69, 9.17) is 4.74 Å². The van der Waals surface area contributed by atoms with Crippen LogP contribution in [0.4, 0.5) is 0 Å². The molecule has 0 bridgehead atoms. The molecule has 3 rings (SSSR count). The summed E-state index contributed by atoms with van der Waals surface area (Å²) in [6.07, 6.45) is 1.78. The van der Waals surface area contributed by atoms with Gasteiger partial charge in [-0.15, -0.1) is 0 Å². The van der Waals surface area contributed by atoms with Crippen LogP contribution in [0.25, 0.3) is 22.3 Å². The van der Waals surface area contributed by atoms with E-state index >= 15 is 0 Å². The maximum absolute atomic E-state index is 6.06. The van der Waals surface area contributed by atoms with Crippen LogP contribution in [0.15, 0.2) is 85.5 Å². The highest BCUT2D eigenvalue weighted by atomic mass is 16.5. The van der Waals surface area contributed by atoms with Crippen molar-refractivity contribution in [2.24, 2.45) is 0 Å². The first-order valence-corrected chi connectivity index (χ1v) is 7.79. The summed E-state index contributed by atoms with van der Waals surface area (Å²) in [7, 11) is 0. The van der Waals surface area contributed by atoms with Gasteiger partial charge in [0.1, 0.15) is 12.4 Å². The van der Waals surface area contributed by atoms with Crippen LogP contribution in [0.3, 0.4) is 0 Å². The first-order chi connectivity index (χ1) is 11.3. The molecule has 0 unspecified atom stereocenters. The molecule has 1 nitrogen and oxygen atoms in total. The maximum Gasteiger partial charge on any atom is 0.135 e. The molecule has 0 radical (unpaired) electrons. The van der Waals surface area contributed by atoms with E-state index in [1.807, 2.05) is 12.1 Å². The quantitative estimate of drug-likeness (QED) is 0.533. The van der Waals surface area contributed by atoms with E-state index in [9.17, 15) is 0 Å². The molecule has 3 aromatic rings. The van der Waals surface area contributed by atoms with Gasteiger partial charge in [-0.3, -0.25) is 0 Å². The Hall–Kier alpha value is -2.80. The zero-order chi connectivity index (χ0) is 16.1. The van der Waals surface area contributed by atoms with Crippen molar-refractivity contribution in [3.8, 4) is 28.0 Å². The Morgan fingerprint density at radius 1 is 0.826 bits per heavy atom. The van der Waals surface area contributed by atoms with E-state index in [-0.39, 0.29) is 0 Å². The maximum atomic E-state index is 6.06. The molecule has 0 heterocycles. The summed E-state index contributed by atoms with van der Waals surface area (Å²) in [5.41, 5.74) is 5.77. The highest BCUT2D eigenvalue weighted by molar-refractivity contribution is 5.83. The molecule has 1 heteroatoms. The van der Waals surface area contributed by atoms with Crippen LogP contribution in [-0.4, -0.2) is 6.61 Å². The minimum atomic E-state index is 0.489. The Bertz CT molecular complexity index is 728. The Balaban J connectivity index is 2.23. The molecule has 0 saturated heterocycles. The lowest BCUT2D eigenvalue weighted by Crippen LogP contribution is -1.99. The minimum absolute atomic E-state index is 0.489. The fourth-order valence-electron chi connectivity index (χ4n) is 2.74. The van der Waals surface area contributed by atoms with Gasteiger partial charge in [-0.1, -0.05) is 73.3 Å². The molecule has 0 spiro atoms. The van der Waals surface area contributed by atoms with Gasteiger partial charge in [-0.2, -0.15) is 0 Å². The topological polar surface area (TPSA) is 9.23 Å². The minimum Gasteiger partial charge on any atom is -0.488 e. The van der Waals surface area contributed by atoms with Gasteiger partial charge < -0.3 is 4.74 Å². The largest absolute Gasteiger partial charge is 0.488 e. The van der Waals surface area contributed by atoms with Crippen LogP contribution in [0.5, 0.6) is 5.75 Å². The molecule has 0 aromatic heterocycles. The summed E-state index contributed by atoms with van der Waals surface area (Å²) >= 11 is 0. The van der Waals surface area contributed by atoms with E-state index in [1.165, 1.54) is 5.56 Å². The van der Waals surface area contributed by atoms with Crippen molar-refractivity contribution in [3.63, 3.8) is 0 Å². The van der Waals surface area contributed by atoms with Crippen LogP contribution in [0.2, 0.25) is 0 Å². The van der Waals surface area contributed by atoms with Gasteiger partial charge in [0.2, 0.25) is 0 Å². The summed E-state index contributed by atoms with van der Waals surface area (Å²) < 4.78 is 6.06. The summed E-state index contributed by atoms with van der Waals surface area (Å²) in [5, 5.41) is 0. The van der Waals surface area contributed by atoms with Crippen LogP contribution in [0.1, 0.15) is 5.56 Å². The van der Waals surface area contributed by atoms with Crippen LogP contribution >= 0.6 is 0 Å². The van der Waals surface area contributed by atoms with Gasteiger partial charge in [0.05, 0.1) is 0 Å². The second kappa shape index (κ2) is 6.97. The van der Waals surface area contributed by atoms with E-state index in [0.717, 1.165) is 28.0 Å². The summed E-state index contributed by atoms with van der Waals surface area (Å²) in [5.74, 6) is 0.910. The van der Waals surface area contributed by atoms with Gasteiger partial charge in [-0.05, 0) is 35.7 Å². The van der Waals surface area contributed by atoms with Gasteiger partial charge >= 0.3 is 0 Å². The molecule has 23 heavy (non-hydrogen) atoms. The van der Waals surface area contributed by atoms with Crippen molar-refractivity contribution in [1.29, 1.82) is 0 Å². The van der Waals surface area contributed by atoms with Crippen molar-refractivity contribution < 1.29 is 4.74 Å². The van der Waals surface area contributed by atoms with Gasteiger partial charge in [0.15, 0.2) is 0 Å². The highest BCUT2D eigenvalue weighted by Gasteiger charge is 2.14. The zero-order valence-electron chi connectivity index (χ0n) is 13.3. The fraction of sp³-hybridized carbons (Fsp3) is 0.0909. The molecule has 114 valence electrons. The number of benzene rings is 3. The van der Waals surface area contributed by atoms with E-state index in [1.54, 1.807) is 6.08 Å². The summed E-state index contributed by atoms with van der Waals surface area (Å²) in [6, 6.07) is 25.1. The standard InChI is InChI=1S/C22H20O/c1-3-14-23-22-20(18-10-6-4-7-11-18)15-17(2)16-21(22)19-12-8-5-9-13-19/h3-13,15-16H,1,14H2,2H3. The summed E-state index contributed by atoms with van der Waals surface area (Å²) in [4.78, 5) is 0. The molecule has 0 atom stereocenters. The Labute approximate surface area is 137 Å². The smallest absolute Gasteiger partial charge is 0.135 e. The Morgan fingerprint density at radius 2 is 1.30 bits per heavy atom. The van der Waals surface area contributed by atoms with Crippen molar-refractivity contribution in [3.05, 3.63) is 91.0 Å². The molecule has 0 aliphatic heterocycles. The predicted octanol–water partition coefficient (Wildman–Crippen LogP) is 5.89.